The number of cyclic esters (lactones) is 1. The second kappa shape index (κ2) is 7.38. The van der Waals surface area contributed by atoms with Gasteiger partial charge in [-0.15, -0.1) is 0 Å². The Morgan fingerprint density at radius 3 is 2.52 bits per heavy atom. The van der Waals surface area contributed by atoms with E-state index in [9.17, 15) is 14.9 Å². The van der Waals surface area contributed by atoms with Crippen LogP contribution in [0.5, 0.6) is 0 Å². The molecule has 0 aliphatic carbocycles. The molecule has 7 heteroatoms. The van der Waals surface area contributed by atoms with Crippen molar-refractivity contribution in [1.29, 1.82) is 0 Å². The van der Waals surface area contributed by atoms with Crippen LogP contribution in [0, 0.1) is 10.1 Å². The van der Waals surface area contributed by atoms with Crippen molar-refractivity contribution in [3.05, 3.63) is 106 Å². The molecule has 0 N–H and O–H groups in total. The van der Waals surface area contributed by atoms with Crippen molar-refractivity contribution in [2.45, 2.75) is 0 Å². The lowest BCUT2D eigenvalue weighted by Crippen LogP contribution is -2.05. The Labute approximate surface area is 176 Å². The van der Waals surface area contributed by atoms with Gasteiger partial charge in [0.15, 0.2) is 5.70 Å². The molecule has 1 aliphatic rings. The number of furan rings is 1. The first kappa shape index (κ1) is 18.5. The highest BCUT2D eigenvalue weighted by Crippen LogP contribution is 2.32. The van der Waals surface area contributed by atoms with Crippen LogP contribution >= 0.6 is 0 Å². The van der Waals surface area contributed by atoms with Gasteiger partial charge in [0.05, 0.1) is 10.5 Å². The maximum Gasteiger partial charge on any atom is 0.363 e. The minimum atomic E-state index is -0.591. The predicted octanol–water partition coefficient (Wildman–Crippen LogP) is 5.35. The average Bonchev–Trinajstić information content (AvgIpc) is 3.40. The number of fused-ring (bicyclic) bond motifs is 1. The van der Waals surface area contributed by atoms with Crippen molar-refractivity contribution >= 4 is 34.4 Å². The Morgan fingerprint density at radius 1 is 0.903 bits per heavy atom. The summed E-state index contributed by atoms with van der Waals surface area (Å²) in [6.45, 7) is 0. The third-order valence-corrected chi connectivity index (χ3v) is 4.89. The molecule has 4 aromatic rings. The van der Waals surface area contributed by atoms with Crippen LogP contribution in [-0.4, -0.2) is 16.8 Å². The number of esters is 1. The molecule has 5 rings (SSSR count). The molecule has 0 atom stereocenters. The largest absolute Gasteiger partial charge is 0.456 e. The summed E-state index contributed by atoms with van der Waals surface area (Å²) in [5.74, 6) is 0.284. The van der Waals surface area contributed by atoms with Gasteiger partial charge in [0.2, 0.25) is 5.90 Å². The first-order valence-electron chi connectivity index (χ1n) is 9.44. The van der Waals surface area contributed by atoms with Crippen LogP contribution in [0.15, 0.2) is 94.0 Å². The van der Waals surface area contributed by atoms with Crippen LogP contribution in [-0.2, 0) is 9.53 Å². The molecule has 0 bridgehead atoms. The predicted molar refractivity (Wildman–Crippen MR) is 115 cm³/mol. The van der Waals surface area contributed by atoms with Crippen LogP contribution in [0.2, 0.25) is 0 Å². The fraction of sp³-hybridized carbons (Fsp3) is 0. The molecule has 1 aromatic heterocycles. The van der Waals surface area contributed by atoms with Crippen molar-refractivity contribution in [1.82, 2.24) is 0 Å². The number of carbonyl (C=O) groups is 1. The van der Waals surface area contributed by atoms with Gasteiger partial charge in [-0.2, -0.15) is 0 Å². The number of para-hydroxylation sites is 1. The van der Waals surface area contributed by atoms with Crippen molar-refractivity contribution < 1.29 is 18.9 Å². The summed E-state index contributed by atoms with van der Waals surface area (Å²) < 4.78 is 11.0. The Balaban J connectivity index is 1.47. The van der Waals surface area contributed by atoms with Gasteiger partial charge in [-0.1, -0.05) is 42.5 Å². The summed E-state index contributed by atoms with van der Waals surface area (Å²) >= 11 is 0. The van der Waals surface area contributed by atoms with Gasteiger partial charge in [0, 0.05) is 17.7 Å². The SMILES string of the molecule is O=C1OC(c2ccc3ccccc3c2)=N/C1=C\c1ccc(-c2ccccc2[N+](=O)[O-])o1. The molecule has 0 saturated carbocycles. The second-order valence-electron chi connectivity index (χ2n) is 6.87. The molecule has 2 heterocycles. The second-order valence-corrected chi connectivity index (χ2v) is 6.87. The molecule has 3 aromatic carbocycles. The lowest BCUT2D eigenvalue weighted by atomic mass is 10.1. The molecule has 0 saturated heterocycles. The Bertz CT molecular complexity index is 1410. The Kier molecular flexibility index (Phi) is 4.41. The van der Waals surface area contributed by atoms with E-state index >= 15 is 0 Å². The van der Waals surface area contributed by atoms with Crippen molar-refractivity contribution in [2.75, 3.05) is 0 Å². The Morgan fingerprint density at radius 2 is 1.68 bits per heavy atom. The fourth-order valence-electron chi connectivity index (χ4n) is 3.41. The summed E-state index contributed by atoms with van der Waals surface area (Å²) in [5.41, 5.74) is 1.07. The van der Waals surface area contributed by atoms with E-state index in [-0.39, 0.29) is 17.3 Å². The number of nitro benzene ring substituents is 1. The standard InChI is InChI=1S/C24H14N2O5/c27-24-20(25-23(31-24)17-10-9-15-5-1-2-6-16(15)13-17)14-18-11-12-22(30-18)19-7-3-4-8-21(19)26(28)29/h1-14H/b20-14-. The minimum Gasteiger partial charge on any atom is -0.456 e. The normalized spacial score (nSPS) is 14.6. The Hall–Kier alpha value is -4.52. The van der Waals surface area contributed by atoms with E-state index in [4.69, 9.17) is 9.15 Å². The number of hydrogen-bond acceptors (Lipinski definition) is 6. The van der Waals surface area contributed by atoms with Gasteiger partial charge in [-0.05, 0) is 41.1 Å². The van der Waals surface area contributed by atoms with E-state index in [0.29, 0.717) is 22.6 Å². The number of nitro groups is 1. The number of nitrogens with zero attached hydrogens (tertiary/aromatic N) is 2. The quantitative estimate of drug-likeness (QED) is 0.196. The van der Waals surface area contributed by atoms with E-state index in [1.54, 1.807) is 30.3 Å². The minimum absolute atomic E-state index is 0.0621. The number of rotatable bonds is 4. The molecule has 7 nitrogen and oxygen atoms in total. The third kappa shape index (κ3) is 3.49. The fourth-order valence-corrected chi connectivity index (χ4v) is 3.41. The molecule has 0 spiro atoms. The van der Waals surface area contributed by atoms with Crippen molar-refractivity contribution in [3.8, 4) is 11.3 Å². The third-order valence-electron chi connectivity index (χ3n) is 4.89. The van der Waals surface area contributed by atoms with Gasteiger partial charge in [0.1, 0.15) is 11.5 Å². The zero-order valence-corrected chi connectivity index (χ0v) is 16.0. The highest BCUT2D eigenvalue weighted by atomic mass is 16.6. The van der Waals surface area contributed by atoms with E-state index in [0.717, 1.165) is 10.8 Å². The van der Waals surface area contributed by atoms with Crippen molar-refractivity contribution in [2.24, 2.45) is 4.99 Å². The molecule has 31 heavy (non-hydrogen) atoms. The molecular formula is C24H14N2O5. The van der Waals surface area contributed by atoms with Crippen LogP contribution in [0.1, 0.15) is 11.3 Å². The lowest BCUT2D eigenvalue weighted by molar-refractivity contribution is -0.384. The zero-order chi connectivity index (χ0) is 21.4. The van der Waals surface area contributed by atoms with Crippen LogP contribution < -0.4 is 0 Å². The summed E-state index contributed by atoms with van der Waals surface area (Å²) in [6, 6.07) is 23.1. The summed E-state index contributed by atoms with van der Waals surface area (Å²) in [5, 5.41) is 13.3. The smallest absolute Gasteiger partial charge is 0.363 e. The number of hydrogen-bond donors (Lipinski definition) is 0. The number of carbonyl (C=O) groups excluding carboxylic acids is 1. The summed E-state index contributed by atoms with van der Waals surface area (Å²) in [6.07, 6.45) is 1.45. The molecular weight excluding hydrogens is 396 g/mol. The van der Waals surface area contributed by atoms with Gasteiger partial charge in [0.25, 0.3) is 5.69 Å². The average molecular weight is 410 g/mol. The highest BCUT2D eigenvalue weighted by molar-refractivity contribution is 6.13. The monoisotopic (exact) mass is 410 g/mol. The molecule has 1 aliphatic heterocycles. The van der Waals surface area contributed by atoms with Crippen LogP contribution in [0.25, 0.3) is 28.2 Å². The maximum absolute atomic E-state index is 12.3. The van der Waals surface area contributed by atoms with Crippen molar-refractivity contribution in [3.63, 3.8) is 0 Å². The number of benzene rings is 3. The van der Waals surface area contributed by atoms with E-state index in [1.807, 2.05) is 42.5 Å². The lowest BCUT2D eigenvalue weighted by Gasteiger charge is -2.02. The van der Waals surface area contributed by atoms with Gasteiger partial charge in [-0.25, -0.2) is 9.79 Å². The first-order valence-corrected chi connectivity index (χ1v) is 9.44. The van der Waals surface area contributed by atoms with Crippen LogP contribution in [0.4, 0.5) is 5.69 Å². The van der Waals surface area contributed by atoms with Gasteiger partial charge >= 0.3 is 5.97 Å². The molecule has 0 radical (unpaired) electrons. The van der Waals surface area contributed by atoms with Gasteiger partial charge in [-0.3, -0.25) is 10.1 Å². The highest BCUT2D eigenvalue weighted by Gasteiger charge is 2.25. The van der Waals surface area contributed by atoms with E-state index < -0.39 is 10.9 Å². The van der Waals surface area contributed by atoms with Crippen LogP contribution in [0.3, 0.4) is 0 Å². The van der Waals surface area contributed by atoms with E-state index in [2.05, 4.69) is 4.99 Å². The maximum atomic E-state index is 12.3. The topological polar surface area (TPSA) is 94.9 Å². The molecule has 150 valence electrons. The van der Waals surface area contributed by atoms with Gasteiger partial charge < -0.3 is 9.15 Å². The summed E-state index contributed by atoms with van der Waals surface area (Å²) in [4.78, 5) is 27.4. The molecule has 0 unspecified atom stereocenters. The number of aliphatic imine (C=N–C) groups is 1. The molecule has 0 amide bonds. The number of ether oxygens (including phenoxy) is 1. The summed E-state index contributed by atoms with van der Waals surface area (Å²) in [7, 11) is 0. The van der Waals surface area contributed by atoms with E-state index in [1.165, 1.54) is 12.1 Å². The molecule has 0 fully saturated rings. The zero-order valence-electron chi connectivity index (χ0n) is 16.0. The first-order chi connectivity index (χ1) is 15.1.